The maximum absolute atomic E-state index is 10.6. The van der Waals surface area contributed by atoms with Gasteiger partial charge < -0.3 is 11.1 Å². The van der Waals surface area contributed by atoms with E-state index in [0.29, 0.717) is 12.0 Å². The lowest BCUT2D eigenvalue weighted by atomic mass is 9.84. The van der Waals surface area contributed by atoms with Gasteiger partial charge in [0.15, 0.2) is 0 Å². The van der Waals surface area contributed by atoms with Crippen LogP contribution < -0.4 is 11.1 Å². The monoisotopic (exact) mass is 265 g/mol. The Kier molecular flexibility index (Phi) is 4.13. The van der Waals surface area contributed by atoms with Crippen LogP contribution in [0.15, 0.2) is 6.20 Å². The summed E-state index contributed by atoms with van der Waals surface area (Å²) in [6.07, 6.45) is 6.98. The molecule has 1 aliphatic rings. The fraction of sp³-hybridized carbons (Fsp3) is 0.667. The number of rotatable bonds is 4. The predicted molar refractivity (Wildman–Crippen MR) is 72.8 cm³/mol. The number of nitrogens with two attached hydrogens (primary N) is 1. The molecule has 0 spiro atoms. The smallest absolute Gasteiger partial charge is 0.329 e. The molecule has 2 rings (SSSR count). The van der Waals surface area contributed by atoms with Crippen LogP contribution in [0.4, 0.5) is 17.5 Å². The standard InChI is InChI=1S/C12H19N5O2/c1-2-8-4-3-5-9(6-8)15-12-14-7-10(17(18)19)11(13)16-12/h7-9H,2-6H2,1H3,(H3,13,14,15,16). The lowest BCUT2D eigenvalue weighted by Crippen LogP contribution is -2.28. The highest BCUT2D eigenvalue weighted by Gasteiger charge is 2.22. The van der Waals surface area contributed by atoms with Crippen LogP contribution in [0.3, 0.4) is 0 Å². The molecule has 1 aromatic heterocycles. The molecular weight excluding hydrogens is 246 g/mol. The van der Waals surface area contributed by atoms with E-state index in [0.717, 1.165) is 25.0 Å². The second-order valence-corrected chi connectivity index (χ2v) is 5.00. The van der Waals surface area contributed by atoms with E-state index in [1.54, 1.807) is 0 Å². The number of anilines is 2. The van der Waals surface area contributed by atoms with E-state index in [4.69, 9.17) is 5.73 Å². The fourth-order valence-corrected chi connectivity index (χ4v) is 2.57. The van der Waals surface area contributed by atoms with Crippen LogP contribution in [0.5, 0.6) is 0 Å². The largest absolute Gasteiger partial charge is 0.378 e. The number of nitro groups is 1. The van der Waals surface area contributed by atoms with Crippen molar-refractivity contribution in [2.45, 2.75) is 45.1 Å². The van der Waals surface area contributed by atoms with Crippen LogP contribution in [0.2, 0.25) is 0 Å². The van der Waals surface area contributed by atoms with Crippen molar-refractivity contribution in [2.24, 2.45) is 5.92 Å². The summed E-state index contributed by atoms with van der Waals surface area (Å²) < 4.78 is 0. The second kappa shape index (κ2) is 5.81. The molecule has 7 heteroatoms. The first-order chi connectivity index (χ1) is 9.10. The van der Waals surface area contributed by atoms with Gasteiger partial charge in [0, 0.05) is 6.04 Å². The summed E-state index contributed by atoms with van der Waals surface area (Å²) in [4.78, 5) is 18.0. The van der Waals surface area contributed by atoms with Crippen molar-refractivity contribution in [3.63, 3.8) is 0 Å². The highest BCUT2D eigenvalue weighted by molar-refractivity contribution is 5.53. The molecule has 3 N–H and O–H groups in total. The van der Waals surface area contributed by atoms with Crippen LogP contribution in [0.1, 0.15) is 39.0 Å². The molecule has 0 aromatic carbocycles. The molecule has 0 bridgehead atoms. The van der Waals surface area contributed by atoms with Crippen molar-refractivity contribution >= 4 is 17.5 Å². The Morgan fingerprint density at radius 3 is 3.00 bits per heavy atom. The van der Waals surface area contributed by atoms with E-state index in [1.165, 1.54) is 19.3 Å². The fourth-order valence-electron chi connectivity index (χ4n) is 2.57. The molecule has 19 heavy (non-hydrogen) atoms. The number of hydrogen-bond donors (Lipinski definition) is 2. The molecular formula is C12H19N5O2. The Labute approximate surface area is 111 Å². The number of nitrogens with one attached hydrogen (secondary N) is 1. The summed E-state index contributed by atoms with van der Waals surface area (Å²) in [5.41, 5.74) is 5.30. The first-order valence-corrected chi connectivity index (χ1v) is 6.63. The summed E-state index contributed by atoms with van der Waals surface area (Å²) in [6.45, 7) is 2.20. The summed E-state index contributed by atoms with van der Waals surface area (Å²) in [6, 6.07) is 0.333. The Morgan fingerprint density at radius 1 is 1.58 bits per heavy atom. The highest BCUT2D eigenvalue weighted by atomic mass is 16.6. The topological polar surface area (TPSA) is 107 Å². The summed E-state index contributed by atoms with van der Waals surface area (Å²) in [5.74, 6) is 1.02. The second-order valence-electron chi connectivity index (χ2n) is 5.00. The number of hydrogen-bond acceptors (Lipinski definition) is 6. The van der Waals surface area contributed by atoms with Gasteiger partial charge in [0.2, 0.25) is 11.8 Å². The summed E-state index contributed by atoms with van der Waals surface area (Å²) in [7, 11) is 0. The third kappa shape index (κ3) is 3.30. The molecule has 2 atom stereocenters. The van der Waals surface area contributed by atoms with Crippen molar-refractivity contribution in [3.05, 3.63) is 16.3 Å². The van der Waals surface area contributed by atoms with Crippen LogP contribution in [-0.4, -0.2) is 20.9 Å². The normalized spacial score (nSPS) is 23.0. The Hall–Kier alpha value is -1.92. The Morgan fingerprint density at radius 2 is 2.37 bits per heavy atom. The Bertz CT molecular complexity index is 465. The maximum Gasteiger partial charge on any atom is 0.329 e. The molecule has 2 unspecified atom stereocenters. The third-order valence-corrected chi connectivity index (χ3v) is 3.69. The minimum atomic E-state index is -0.577. The van der Waals surface area contributed by atoms with Gasteiger partial charge in [0.1, 0.15) is 6.20 Å². The highest BCUT2D eigenvalue weighted by Crippen LogP contribution is 2.28. The van der Waals surface area contributed by atoms with Crippen LogP contribution in [0, 0.1) is 16.0 Å². The Balaban J connectivity index is 2.03. The first kappa shape index (κ1) is 13.5. The zero-order valence-corrected chi connectivity index (χ0v) is 11.0. The lowest BCUT2D eigenvalue weighted by Gasteiger charge is -2.29. The zero-order valence-electron chi connectivity index (χ0n) is 11.0. The van der Waals surface area contributed by atoms with Gasteiger partial charge in [0.05, 0.1) is 4.92 Å². The summed E-state index contributed by atoms with van der Waals surface area (Å²) >= 11 is 0. The minimum Gasteiger partial charge on any atom is -0.378 e. The average Bonchev–Trinajstić information content (AvgIpc) is 2.38. The first-order valence-electron chi connectivity index (χ1n) is 6.63. The number of aromatic nitrogens is 2. The van der Waals surface area contributed by atoms with Crippen LogP contribution >= 0.6 is 0 Å². The van der Waals surface area contributed by atoms with Gasteiger partial charge in [-0.25, -0.2) is 4.98 Å². The van der Waals surface area contributed by atoms with Crippen molar-refractivity contribution in [2.75, 3.05) is 11.1 Å². The minimum absolute atomic E-state index is 0.0923. The number of nitrogen functional groups attached to an aromatic ring is 1. The quantitative estimate of drug-likeness (QED) is 0.639. The molecule has 0 aliphatic heterocycles. The molecule has 0 amide bonds. The van der Waals surface area contributed by atoms with Crippen molar-refractivity contribution < 1.29 is 4.92 Å². The van der Waals surface area contributed by atoms with Gasteiger partial charge in [-0.2, -0.15) is 4.98 Å². The molecule has 0 radical (unpaired) electrons. The SMILES string of the molecule is CCC1CCCC(Nc2ncc([N+](=O)[O-])c(N)n2)C1. The summed E-state index contributed by atoms with van der Waals surface area (Å²) in [5, 5.41) is 13.9. The molecule has 1 saturated carbocycles. The molecule has 1 aromatic rings. The maximum atomic E-state index is 10.6. The molecule has 7 nitrogen and oxygen atoms in total. The molecule has 1 aliphatic carbocycles. The van der Waals surface area contributed by atoms with Gasteiger partial charge in [-0.05, 0) is 18.8 Å². The molecule has 1 heterocycles. The van der Waals surface area contributed by atoms with Gasteiger partial charge >= 0.3 is 5.69 Å². The van der Waals surface area contributed by atoms with Gasteiger partial charge in [0.25, 0.3) is 0 Å². The van der Waals surface area contributed by atoms with E-state index >= 15 is 0 Å². The zero-order chi connectivity index (χ0) is 13.8. The van der Waals surface area contributed by atoms with E-state index in [-0.39, 0.29) is 11.5 Å². The number of nitrogens with zero attached hydrogens (tertiary/aromatic N) is 3. The third-order valence-electron chi connectivity index (χ3n) is 3.69. The lowest BCUT2D eigenvalue weighted by molar-refractivity contribution is -0.384. The molecule has 0 saturated heterocycles. The predicted octanol–water partition coefficient (Wildman–Crippen LogP) is 2.35. The van der Waals surface area contributed by atoms with Crippen molar-refractivity contribution in [1.82, 2.24) is 9.97 Å². The molecule has 104 valence electrons. The van der Waals surface area contributed by atoms with E-state index in [1.807, 2.05) is 0 Å². The van der Waals surface area contributed by atoms with E-state index in [9.17, 15) is 10.1 Å². The van der Waals surface area contributed by atoms with Crippen LogP contribution in [0.25, 0.3) is 0 Å². The van der Waals surface area contributed by atoms with E-state index < -0.39 is 4.92 Å². The molecule has 1 fully saturated rings. The average molecular weight is 265 g/mol. The van der Waals surface area contributed by atoms with Gasteiger partial charge in [-0.3, -0.25) is 10.1 Å². The van der Waals surface area contributed by atoms with Gasteiger partial charge in [-0.1, -0.05) is 26.2 Å². The van der Waals surface area contributed by atoms with E-state index in [2.05, 4.69) is 22.2 Å². The van der Waals surface area contributed by atoms with Crippen LogP contribution in [-0.2, 0) is 0 Å². The van der Waals surface area contributed by atoms with Crippen molar-refractivity contribution in [1.29, 1.82) is 0 Å². The van der Waals surface area contributed by atoms with Gasteiger partial charge in [-0.15, -0.1) is 0 Å². The van der Waals surface area contributed by atoms with Crippen molar-refractivity contribution in [3.8, 4) is 0 Å².